The summed E-state index contributed by atoms with van der Waals surface area (Å²) in [7, 11) is 0. The Labute approximate surface area is 119 Å². The standard InChI is InChI=1S/C15H10ClFN2O/c16-9-2-4-14-10(6-9)11(7-19-14)15(20)8-1-3-13(18)12(17)5-8/h1-7,19H,18H2. The third kappa shape index (κ3) is 2.04. The van der Waals surface area contributed by atoms with E-state index < -0.39 is 5.82 Å². The van der Waals surface area contributed by atoms with Gasteiger partial charge in [-0.1, -0.05) is 11.6 Å². The Hall–Kier alpha value is -2.33. The highest BCUT2D eigenvalue weighted by Gasteiger charge is 2.15. The van der Waals surface area contributed by atoms with Gasteiger partial charge in [-0.2, -0.15) is 0 Å². The molecule has 1 aromatic heterocycles. The number of benzene rings is 2. The van der Waals surface area contributed by atoms with Crippen LogP contribution >= 0.6 is 11.6 Å². The Morgan fingerprint density at radius 3 is 2.75 bits per heavy atom. The summed E-state index contributed by atoms with van der Waals surface area (Å²) in [5.74, 6) is -0.883. The lowest BCUT2D eigenvalue weighted by atomic mass is 10.0. The number of carbonyl (C=O) groups excluding carboxylic acids is 1. The maximum Gasteiger partial charge on any atom is 0.195 e. The molecule has 20 heavy (non-hydrogen) atoms. The van der Waals surface area contributed by atoms with Crippen molar-refractivity contribution >= 4 is 34.0 Å². The number of aromatic nitrogens is 1. The van der Waals surface area contributed by atoms with E-state index in [1.54, 1.807) is 24.4 Å². The quantitative estimate of drug-likeness (QED) is 0.557. The van der Waals surface area contributed by atoms with Gasteiger partial charge in [0.25, 0.3) is 0 Å². The number of rotatable bonds is 2. The number of nitrogen functional groups attached to an aromatic ring is 1. The third-order valence-corrected chi connectivity index (χ3v) is 3.39. The van der Waals surface area contributed by atoms with E-state index in [9.17, 15) is 9.18 Å². The van der Waals surface area contributed by atoms with Crippen molar-refractivity contribution in [3.05, 3.63) is 64.6 Å². The first-order valence-corrected chi connectivity index (χ1v) is 6.30. The van der Waals surface area contributed by atoms with Crippen molar-refractivity contribution in [2.75, 3.05) is 5.73 Å². The van der Waals surface area contributed by atoms with E-state index in [2.05, 4.69) is 4.98 Å². The summed E-state index contributed by atoms with van der Waals surface area (Å²) in [6, 6.07) is 9.25. The van der Waals surface area contributed by atoms with E-state index in [0.29, 0.717) is 16.0 Å². The monoisotopic (exact) mass is 288 g/mol. The topological polar surface area (TPSA) is 58.9 Å². The smallest absolute Gasteiger partial charge is 0.195 e. The normalized spacial score (nSPS) is 10.9. The molecule has 5 heteroatoms. The van der Waals surface area contributed by atoms with Crippen LogP contribution in [0.15, 0.2) is 42.6 Å². The zero-order valence-corrected chi connectivity index (χ0v) is 11.0. The molecule has 3 nitrogen and oxygen atoms in total. The minimum atomic E-state index is -0.603. The number of halogens is 2. The predicted molar refractivity (Wildman–Crippen MR) is 77.6 cm³/mol. The lowest BCUT2D eigenvalue weighted by molar-refractivity contribution is 0.104. The van der Waals surface area contributed by atoms with Gasteiger partial charge in [-0.3, -0.25) is 4.79 Å². The second-order valence-corrected chi connectivity index (χ2v) is 4.89. The van der Waals surface area contributed by atoms with Gasteiger partial charge < -0.3 is 10.7 Å². The Kier molecular flexibility index (Phi) is 2.95. The second kappa shape index (κ2) is 4.65. The van der Waals surface area contributed by atoms with Crippen molar-refractivity contribution in [3.8, 4) is 0 Å². The van der Waals surface area contributed by atoms with Gasteiger partial charge in [0.2, 0.25) is 0 Å². The number of ketones is 1. The summed E-state index contributed by atoms with van der Waals surface area (Å²) >= 11 is 5.94. The molecule has 0 aliphatic carbocycles. The number of H-pyrrole nitrogens is 1. The maximum absolute atomic E-state index is 13.5. The fourth-order valence-electron chi connectivity index (χ4n) is 2.10. The summed E-state index contributed by atoms with van der Waals surface area (Å²) < 4.78 is 13.5. The third-order valence-electron chi connectivity index (χ3n) is 3.15. The highest BCUT2D eigenvalue weighted by molar-refractivity contribution is 6.31. The maximum atomic E-state index is 13.5. The SMILES string of the molecule is Nc1ccc(C(=O)c2c[nH]c3ccc(Cl)cc23)cc1F. The van der Waals surface area contributed by atoms with Gasteiger partial charge in [0, 0.05) is 33.2 Å². The Bertz CT molecular complexity index is 826. The van der Waals surface area contributed by atoms with Gasteiger partial charge in [0.05, 0.1) is 5.69 Å². The van der Waals surface area contributed by atoms with Crippen molar-refractivity contribution in [2.45, 2.75) is 0 Å². The van der Waals surface area contributed by atoms with Crippen LogP contribution in [0, 0.1) is 5.82 Å². The van der Waals surface area contributed by atoms with Crippen molar-refractivity contribution in [1.82, 2.24) is 4.98 Å². The second-order valence-electron chi connectivity index (χ2n) is 4.46. The van der Waals surface area contributed by atoms with E-state index in [0.717, 1.165) is 11.6 Å². The number of carbonyl (C=O) groups is 1. The molecular weight excluding hydrogens is 279 g/mol. The Balaban J connectivity index is 2.12. The largest absolute Gasteiger partial charge is 0.396 e. The van der Waals surface area contributed by atoms with Gasteiger partial charge in [0.15, 0.2) is 5.78 Å². The minimum absolute atomic E-state index is 0.0171. The molecule has 0 radical (unpaired) electrons. The van der Waals surface area contributed by atoms with Gasteiger partial charge in [-0.25, -0.2) is 4.39 Å². The van der Waals surface area contributed by atoms with Crippen LogP contribution in [0.3, 0.4) is 0 Å². The van der Waals surface area contributed by atoms with Crippen LogP contribution in [-0.4, -0.2) is 10.8 Å². The molecule has 0 aliphatic heterocycles. The molecule has 3 N–H and O–H groups in total. The summed E-state index contributed by atoms with van der Waals surface area (Å²) in [5.41, 5.74) is 6.92. The first-order valence-electron chi connectivity index (χ1n) is 5.92. The predicted octanol–water partition coefficient (Wildman–Crippen LogP) is 3.77. The zero-order chi connectivity index (χ0) is 14.3. The molecule has 2 aromatic carbocycles. The molecule has 0 fully saturated rings. The average Bonchev–Trinajstić information content (AvgIpc) is 2.84. The van der Waals surface area contributed by atoms with Crippen LogP contribution in [0.1, 0.15) is 15.9 Å². The molecule has 0 saturated carbocycles. The lowest BCUT2D eigenvalue weighted by Crippen LogP contribution is -2.02. The molecule has 3 rings (SSSR count). The highest BCUT2D eigenvalue weighted by Crippen LogP contribution is 2.25. The number of hydrogen-bond acceptors (Lipinski definition) is 2. The number of fused-ring (bicyclic) bond motifs is 1. The van der Waals surface area contributed by atoms with Crippen LogP contribution in [0.25, 0.3) is 10.9 Å². The van der Waals surface area contributed by atoms with Crippen molar-refractivity contribution in [3.63, 3.8) is 0 Å². The van der Waals surface area contributed by atoms with Crippen molar-refractivity contribution in [2.24, 2.45) is 0 Å². The highest BCUT2D eigenvalue weighted by atomic mass is 35.5. The molecule has 1 heterocycles. The molecule has 0 aliphatic rings. The first kappa shape index (κ1) is 12.7. The molecule has 0 unspecified atom stereocenters. The van der Waals surface area contributed by atoms with Gasteiger partial charge in [0.1, 0.15) is 5.82 Å². The van der Waals surface area contributed by atoms with Gasteiger partial charge in [-0.15, -0.1) is 0 Å². The summed E-state index contributed by atoms with van der Waals surface area (Å²) in [6.45, 7) is 0. The Morgan fingerprint density at radius 2 is 2.00 bits per heavy atom. The Morgan fingerprint density at radius 1 is 1.20 bits per heavy atom. The molecular formula is C15H10ClFN2O. The number of anilines is 1. The van der Waals surface area contributed by atoms with E-state index in [4.69, 9.17) is 17.3 Å². The molecule has 100 valence electrons. The summed E-state index contributed by atoms with van der Waals surface area (Å²) in [5, 5.41) is 1.24. The average molecular weight is 289 g/mol. The van der Waals surface area contributed by atoms with Crippen molar-refractivity contribution < 1.29 is 9.18 Å². The van der Waals surface area contributed by atoms with E-state index in [1.807, 2.05) is 0 Å². The van der Waals surface area contributed by atoms with E-state index >= 15 is 0 Å². The molecule has 0 bridgehead atoms. The van der Waals surface area contributed by atoms with Crippen LogP contribution in [0.5, 0.6) is 0 Å². The van der Waals surface area contributed by atoms with E-state index in [-0.39, 0.29) is 17.0 Å². The van der Waals surface area contributed by atoms with Gasteiger partial charge >= 0.3 is 0 Å². The molecule has 0 amide bonds. The molecule has 0 spiro atoms. The first-order chi connectivity index (χ1) is 9.56. The van der Waals surface area contributed by atoms with Crippen LogP contribution < -0.4 is 5.73 Å². The minimum Gasteiger partial charge on any atom is -0.396 e. The summed E-state index contributed by atoms with van der Waals surface area (Å²) in [4.78, 5) is 15.4. The fourth-order valence-corrected chi connectivity index (χ4v) is 2.28. The molecule has 0 saturated heterocycles. The van der Waals surface area contributed by atoms with Crippen LogP contribution in [-0.2, 0) is 0 Å². The number of nitrogens with two attached hydrogens (primary N) is 1. The van der Waals surface area contributed by atoms with E-state index in [1.165, 1.54) is 12.1 Å². The number of aromatic amines is 1. The van der Waals surface area contributed by atoms with Crippen molar-refractivity contribution in [1.29, 1.82) is 0 Å². The number of nitrogens with one attached hydrogen (secondary N) is 1. The lowest BCUT2D eigenvalue weighted by Gasteiger charge is -2.02. The summed E-state index contributed by atoms with van der Waals surface area (Å²) in [6.07, 6.45) is 1.59. The molecule has 3 aromatic rings. The van der Waals surface area contributed by atoms with Crippen LogP contribution in [0.2, 0.25) is 5.02 Å². The van der Waals surface area contributed by atoms with Crippen LogP contribution in [0.4, 0.5) is 10.1 Å². The number of hydrogen-bond donors (Lipinski definition) is 2. The fraction of sp³-hybridized carbons (Fsp3) is 0. The van der Waals surface area contributed by atoms with Gasteiger partial charge in [-0.05, 0) is 36.4 Å². The zero-order valence-electron chi connectivity index (χ0n) is 10.3. The molecule has 0 atom stereocenters.